The number of likely N-dealkylation sites (tertiary alicyclic amines) is 1. The highest BCUT2D eigenvalue weighted by atomic mass is 16.5. The highest BCUT2D eigenvalue weighted by Crippen LogP contribution is 2.35. The minimum Gasteiger partial charge on any atom is -0.497 e. The van der Waals surface area contributed by atoms with E-state index >= 15 is 0 Å². The number of ether oxygens (including phenoxy) is 2. The number of H-pyrrole nitrogens is 1. The zero-order chi connectivity index (χ0) is 22.8. The Bertz CT molecular complexity index is 1160. The van der Waals surface area contributed by atoms with Crippen molar-refractivity contribution in [2.45, 2.75) is 37.7 Å². The summed E-state index contributed by atoms with van der Waals surface area (Å²) in [5.74, 6) is 1.10. The molecular weight excluding hydrogens is 418 g/mol. The number of nitrogens with one attached hydrogen (secondary N) is 2. The first kappa shape index (κ1) is 21.5. The number of fused-ring (bicyclic) bond motifs is 1. The summed E-state index contributed by atoms with van der Waals surface area (Å²) >= 11 is 0. The van der Waals surface area contributed by atoms with Gasteiger partial charge in [-0.2, -0.15) is 0 Å². The summed E-state index contributed by atoms with van der Waals surface area (Å²) in [5, 5.41) is 4.07. The third-order valence-corrected chi connectivity index (χ3v) is 6.74. The van der Waals surface area contributed by atoms with Gasteiger partial charge in [0.15, 0.2) is 0 Å². The van der Waals surface area contributed by atoms with Crippen molar-refractivity contribution in [1.82, 2.24) is 9.88 Å². The monoisotopic (exact) mass is 447 g/mol. The molecule has 2 aliphatic rings. The molecule has 1 atom stereocenters. The molecular formula is C26H29N3O4. The van der Waals surface area contributed by atoms with E-state index in [-0.39, 0.29) is 11.8 Å². The van der Waals surface area contributed by atoms with Gasteiger partial charge in [0, 0.05) is 48.0 Å². The lowest BCUT2D eigenvalue weighted by Gasteiger charge is -2.32. The van der Waals surface area contributed by atoms with Crippen molar-refractivity contribution in [2.75, 3.05) is 32.1 Å². The molecule has 1 aromatic heterocycles. The fraction of sp³-hybridized carbons (Fsp3) is 0.385. The molecule has 7 heteroatoms. The second-order valence-electron chi connectivity index (χ2n) is 8.79. The van der Waals surface area contributed by atoms with Gasteiger partial charge in [0.05, 0.1) is 7.11 Å². The Hall–Kier alpha value is -3.32. The molecule has 2 aromatic carbocycles. The summed E-state index contributed by atoms with van der Waals surface area (Å²) in [6.07, 6.45) is 5.15. The van der Waals surface area contributed by atoms with Crippen molar-refractivity contribution in [3.8, 4) is 5.75 Å². The molecule has 0 spiro atoms. The van der Waals surface area contributed by atoms with E-state index in [2.05, 4.69) is 22.6 Å². The zero-order valence-electron chi connectivity index (χ0n) is 18.8. The molecule has 33 heavy (non-hydrogen) atoms. The van der Waals surface area contributed by atoms with Gasteiger partial charge in [-0.1, -0.05) is 6.07 Å². The maximum absolute atomic E-state index is 13.1. The summed E-state index contributed by atoms with van der Waals surface area (Å²) in [5.41, 5.74) is 3.61. The molecule has 2 aliphatic heterocycles. The Kier molecular flexibility index (Phi) is 6.05. The Morgan fingerprint density at radius 2 is 1.97 bits per heavy atom. The second-order valence-corrected chi connectivity index (χ2v) is 8.79. The Balaban J connectivity index is 1.23. The molecule has 5 rings (SSSR count). The van der Waals surface area contributed by atoms with E-state index in [1.54, 1.807) is 19.2 Å². The largest absolute Gasteiger partial charge is 0.497 e. The normalized spacial score (nSPS) is 19.1. The van der Waals surface area contributed by atoms with Crippen molar-refractivity contribution < 1.29 is 19.1 Å². The molecule has 0 radical (unpaired) electrons. The number of anilines is 1. The summed E-state index contributed by atoms with van der Waals surface area (Å²) in [4.78, 5) is 30.8. The van der Waals surface area contributed by atoms with E-state index in [0.29, 0.717) is 36.9 Å². The van der Waals surface area contributed by atoms with Crippen LogP contribution in [0.5, 0.6) is 5.75 Å². The molecule has 3 heterocycles. The van der Waals surface area contributed by atoms with Gasteiger partial charge >= 0.3 is 0 Å². The number of benzene rings is 2. The number of methoxy groups -OCH3 is 1. The molecule has 1 unspecified atom stereocenters. The van der Waals surface area contributed by atoms with Crippen LogP contribution in [0.4, 0.5) is 5.69 Å². The average molecular weight is 448 g/mol. The van der Waals surface area contributed by atoms with Crippen LogP contribution < -0.4 is 10.1 Å². The SMILES string of the molecule is COc1ccc2[nH]cc(C3CCN(C(=O)c4cccc(NC(=O)C5CCCO5)c4)CC3)c2c1. The Morgan fingerprint density at radius 1 is 1.12 bits per heavy atom. The first-order valence-electron chi connectivity index (χ1n) is 11.6. The van der Waals surface area contributed by atoms with Crippen molar-refractivity contribution in [3.63, 3.8) is 0 Å². The number of nitrogens with zero attached hydrogens (tertiary/aromatic N) is 1. The summed E-state index contributed by atoms with van der Waals surface area (Å²) in [6.45, 7) is 2.03. The van der Waals surface area contributed by atoms with Crippen LogP contribution in [0.3, 0.4) is 0 Å². The van der Waals surface area contributed by atoms with E-state index in [4.69, 9.17) is 9.47 Å². The fourth-order valence-electron chi connectivity index (χ4n) is 4.90. The molecule has 0 aliphatic carbocycles. The smallest absolute Gasteiger partial charge is 0.253 e. The molecule has 172 valence electrons. The van der Waals surface area contributed by atoms with Gasteiger partial charge in [-0.05, 0) is 73.6 Å². The van der Waals surface area contributed by atoms with Crippen LogP contribution in [0, 0.1) is 0 Å². The van der Waals surface area contributed by atoms with E-state index in [0.717, 1.165) is 36.9 Å². The van der Waals surface area contributed by atoms with Crippen molar-refractivity contribution >= 4 is 28.4 Å². The number of aromatic amines is 1. The molecule has 3 aromatic rings. The standard InChI is InChI=1S/C26H29N3O4/c1-32-20-7-8-23-21(15-20)22(16-27-23)17-9-11-29(12-10-17)26(31)18-4-2-5-19(14-18)28-25(30)24-6-3-13-33-24/h2,4-5,7-8,14-17,24,27H,3,6,9-13H2,1H3,(H,28,30). The molecule has 2 fully saturated rings. The number of hydrogen-bond donors (Lipinski definition) is 2. The van der Waals surface area contributed by atoms with E-state index < -0.39 is 6.10 Å². The van der Waals surface area contributed by atoms with Gasteiger partial charge in [0.2, 0.25) is 0 Å². The summed E-state index contributed by atoms with van der Waals surface area (Å²) in [6, 6.07) is 13.3. The molecule has 2 N–H and O–H groups in total. The first-order chi connectivity index (χ1) is 16.1. The van der Waals surface area contributed by atoms with Crippen LogP contribution >= 0.6 is 0 Å². The third kappa shape index (κ3) is 4.46. The van der Waals surface area contributed by atoms with Crippen LogP contribution in [-0.4, -0.2) is 54.6 Å². The van der Waals surface area contributed by atoms with Gasteiger partial charge in [-0.25, -0.2) is 0 Å². The van der Waals surface area contributed by atoms with E-state index in [1.165, 1.54) is 10.9 Å². The number of piperidine rings is 1. The lowest BCUT2D eigenvalue weighted by Crippen LogP contribution is -2.38. The van der Waals surface area contributed by atoms with Gasteiger partial charge in [0.25, 0.3) is 11.8 Å². The molecule has 2 saturated heterocycles. The minimum absolute atomic E-state index is 0.00209. The zero-order valence-corrected chi connectivity index (χ0v) is 18.8. The summed E-state index contributed by atoms with van der Waals surface area (Å²) < 4.78 is 10.8. The number of amides is 2. The highest BCUT2D eigenvalue weighted by molar-refractivity contribution is 5.98. The van der Waals surface area contributed by atoms with E-state index in [9.17, 15) is 9.59 Å². The number of rotatable bonds is 5. The maximum Gasteiger partial charge on any atom is 0.253 e. The number of hydrogen-bond acceptors (Lipinski definition) is 4. The fourth-order valence-corrected chi connectivity index (χ4v) is 4.90. The topological polar surface area (TPSA) is 83.7 Å². The van der Waals surface area contributed by atoms with Crippen LogP contribution in [-0.2, 0) is 9.53 Å². The lowest BCUT2D eigenvalue weighted by atomic mass is 9.89. The van der Waals surface area contributed by atoms with Gasteiger partial charge in [-0.15, -0.1) is 0 Å². The molecule has 0 saturated carbocycles. The van der Waals surface area contributed by atoms with Gasteiger partial charge < -0.3 is 24.7 Å². The Morgan fingerprint density at radius 3 is 2.73 bits per heavy atom. The predicted molar refractivity (Wildman–Crippen MR) is 127 cm³/mol. The first-order valence-corrected chi connectivity index (χ1v) is 11.6. The van der Waals surface area contributed by atoms with Crippen LogP contribution in [0.1, 0.15) is 47.5 Å². The summed E-state index contributed by atoms with van der Waals surface area (Å²) in [7, 11) is 1.68. The predicted octanol–water partition coefficient (Wildman–Crippen LogP) is 4.31. The number of aromatic nitrogens is 1. The number of carbonyl (C=O) groups is 2. The quantitative estimate of drug-likeness (QED) is 0.610. The van der Waals surface area contributed by atoms with Crippen LogP contribution in [0.15, 0.2) is 48.7 Å². The van der Waals surface area contributed by atoms with E-state index in [1.807, 2.05) is 29.2 Å². The third-order valence-electron chi connectivity index (χ3n) is 6.74. The molecule has 7 nitrogen and oxygen atoms in total. The van der Waals surface area contributed by atoms with Crippen LogP contribution in [0.2, 0.25) is 0 Å². The molecule has 2 amide bonds. The Labute approximate surface area is 193 Å². The van der Waals surface area contributed by atoms with Crippen molar-refractivity contribution in [3.05, 3.63) is 59.8 Å². The second kappa shape index (κ2) is 9.27. The van der Waals surface area contributed by atoms with Crippen molar-refractivity contribution in [2.24, 2.45) is 0 Å². The lowest BCUT2D eigenvalue weighted by molar-refractivity contribution is -0.124. The molecule has 0 bridgehead atoms. The average Bonchev–Trinajstić information content (AvgIpc) is 3.54. The van der Waals surface area contributed by atoms with Crippen molar-refractivity contribution in [1.29, 1.82) is 0 Å². The van der Waals surface area contributed by atoms with Crippen LogP contribution in [0.25, 0.3) is 10.9 Å². The maximum atomic E-state index is 13.1. The van der Waals surface area contributed by atoms with Gasteiger partial charge in [-0.3, -0.25) is 9.59 Å². The number of carbonyl (C=O) groups excluding carboxylic acids is 2. The minimum atomic E-state index is -0.395. The highest BCUT2D eigenvalue weighted by Gasteiger charge is 2.27. The van der Waals surface area contributed by atoms with Gasteiger partial charge in [0.1, 0.15) is 11.9 Å².